The summed E-state index contributed by atoms with van der Waals surface area (Å²) in [6, 6.07) is 9.92. The van der Waals surface area contributed by atoms with E-state index in [0.717, 1.165) is 5.56 Å². The highest BCUT2D eigenvalue weighted by molar-refractivity contribution is 6.00. The van der Waals surface area contributed by atoms with E-state index in [4.69, 9.17) is 10.5 Å². The number of primary amides is 1. The van der Waals surface area contributed by atoms with Gasteiger partial charge in [-0.3, -0.25) is 9.59 Å². The van der Waals surface area contributed by atoms with Crippen LogP contribution in [0.25, 0.3) is 0 Å². The number of carbonyl (C=O) groups is 2. The summed E-state index contributed by atoms with van der Waals surface area (Å²) in [5.41, 5.74) is 6.09. The summed E-state index contributed by atoms with van der Waals surface area (Å²) in [7, 11) is 0. The lowest BCUT2D eigenvalue weighted by molar-refractivity contribution is -0.134. The number of carbonyl (C=O) groups excluding carboxylic acids is 2. The Bertz CT molecular complexity index is 605. The topological polar surface area (TPSA) is 69.4 Å². The van der Waals surface area contributed by atoms with Gasteiger partial charge in [0.25, 0.3) is 5.91 Å². The van der Waals surface area contributed by atoms with E-state index in [1.54, 1.807) is 6.92 Å². The molecule has 2 atom stereocenters. The zero-order valence-electron chi connectivity index (χ0n) is 11.4. The van der Waals surface area contributed by atoms with Crippen molar-refractivity contribution in [2.24, 2.45) is 5.73 Å². The maximum atomic E-state index is 12.3. The molecular formula is C16H17NO3. The molecule has 0 saturated carbocycles. The largest absolute Gasteiger partial charge is 0.481 e. The van der Waals surface area contributed by atoms with E-state index in [-0.39, 0.29) is 11.7 Å². The van der Waals surface area contributed by atoms with Gasteiger partial charge in [0.15, 0.2) is 11.4 Å². The van der Waals surface area contributed by atoms with Crippen LogP contribution in [0.1, 0.15) is 37.7 Å². The minimum Gasteiger partial charge on any atom is -0.481 e. The number of ether oxygens (including phenoxy) is 1. The molecule has 2 unspecified atom stereocenters. The summed E-state index contributed by atoms with van der Waals surface area (Å²) in [6.45, 7) is 1.65. The van der Waals surface area contributed by atoms with Crippen molar-refractivity contribution in [2.45, 2.75) is 37.7 Å². The third-order valence-electron chi connectivity index (χ3n) is 4.19. The first-order chi connectivity index (χ1) is 9.49. The van der Waals surface area contributed by atoms with Crippen molar-refractivity contribution in [1.82, 2.24) is 0 Å². The number of hydrogen-bond acceptors (Lipinski definition) is 3. The summed E-state index contributed by atoms with van der Waals surface area (Å²) >= 11 is 0. The van der Waals surface area contributed by atoms with Crippen LogP contribution in [-0.2, 0) is 14.3 Å². The van der Waals surface area contributed by atoms with Crippen molar-refractivity contribution in [1.29, 1.82) is 0 Å². The van der Waals surface area contributed by atoms with Gasteiger partial charge in [-0.2, -0.15) is 0 Å². The molecule has 1 heterocycles. The average molecular weight is 271 g/mol. The summed E-state index contributed by atoms with van der Waals surface area (Å²) in [4.78, 5) is 23.8. The van der Waals surface area contributed by atoms with E-state index in [0.29, 0.717) is 30.6 Å². The molecule has 0 spiro atoms. The highest BCUT2D eigenvalue weighted by atomic mass is 16.5. The first-order valence-corrected chi connectivity index (χ1v) is 6.79. The van der Waals surface area contributed by atoms with Crippen molar-refractivity contribution in [3.63, 3.8) is 0 Å². The number of ketones is 1. The van der Waals surface area contributed by atoms with Crippen LogP contribution in [0.15, 0.2) is 41.7 Å². The molecular weight excluding hydrogens is 254 g/mol. The molecule has 3 rings (SSSR count). The van der Waals surface area contributed by atoms with Gasteiger partial charge in [0.1, 0.15) is 5.76 Å². The Morgan fingerprint density at radius 2 is 2.00 bits per heavy atom. The monoisotopic (exact) mass is 271 g/mol. The predicted molar refractivity (Wildman–Crippen MR) is 73.8 cm³/mol. The number of hydrogen-bond donors (Lipinski definition) is 1. The number of Topliss-reactive ketones (excluding diaryl/α,β-unsaturated/α-hetero) is 1. The van der Waals surface area contributed by atoms with Crippen LogP contribution in [0.5, 0.6) is 0 Å². The third kappa shape index (κ3) is 2.01. The smallest absolute Gasteiger partial charge is 0.261 e. The van der Waals surface area contributed by atoms with Crippen molar-refractivity contribution in [3.8, 4) is 0 Å². The highest BCUT2D eigenvalue weighted by Crippen LogP contribution is 2.44. The van der Waals surface area contributed by atoms with Crippen LogP contribution in [0, 0.1) is 0 Å². The van der Waals surface area contributed by atoms with Gasteiger partial charge in [0, 0.05) is 24.8 Å². The van der Waals surface area contributed by atoms with Gasteiger partial charge >= 0.3 is 0 Å². The molecule has 20 heavy (non-hydrogen) atoms. The molecule has 0 radical (unpaired) electrons. The molecule has 1 aliphatic heterocycles. The summed E-state index contributed by atoms with van der Waals surface area (Å²) in [5.74, 6) is 0.329. The van der Waals surface area contributed by atoms with E-state index in [1.807, 2.05) is 30.3 Å². The standard InChI is InChI=1S/C16H17NO3/c1-16(15(17)19)9-12-13(18)7-11(8-14(12)20-16)10-5-3-2-4-6-10/h2-6,11H,7-9H2,1H3,(H2,17,19). The minimum absolute atomic E-state index is 0.0741. The molecule has 4 nitrogen and oxygen atoms in total. The SMILES string of the molecule is CC1(C(N)=O)CC2=C(CC(c3ccccc3)CC2=O)O1. The maximum Gasteiger partial charge on any atom is 0.261 e. The molecule has 1 aromatic rings. The van der Waals surface area contributed by atoms with Crippen molar-refractivity contribution >= 4 is 11.7 Å². The molecule has 1 aliphatic carbocycles. The van der Waals surface area contributed by atoms with Gasteiger partial charge in [-0.05, 0) is 18.4 Å². The van der Waals surface area contributed by atoms with Gasteiger partial charge < -0.3 is 10.5 Å². The fourth-order valence-electron chi connectivity index (χ4n) is 2.97. The number of allylic oxidation sites excluding steroid dienone is 1. The Morgan fingerprint density at radius 3 is 2.65 bits per heavy atom. The van der Waals surface area contributed by atoms with E-state index < -0.39 is 11.5 Å². The van der Waals surface area contributed by atoms with Crippen LogP contribution in [-0.4, -0.2) is 17.3 Å². The first kappa shape index (κ1) is 12.9. The lowest BCUT2D eigenvalue weighted by atomic mass is 9.81. The minimum atomic E-state index is -1.06. The van der Waals surface area contributed by atoms with E-state index in [9.17, 15) is 9.59 Å². The van der Waals surface area contributed by atoms with Gasteiger partial charge in [-0.15, -0.1) is 0 Å². The Hall–Kier alpha value is -2.10. The molecule has 2 aliphatic rings. The molecule has 0 saturated heterocycles. The highest BCUT2D eigenvalue weighted by Gasteiger charge is 2.46. The number of rotatable bonds is 2. The molecule has 1 amide bonds. The molecule has 2 N–H and O–H groups in total. The number of amides is 1. The Kier molecular flexibility index (Phi) is 2.89. The van der Waals surface area contributed by atoms with Crippen molar-refractivity contribution in [3.05, 3.63) is 47.2 Å². The quantitative estimate of drug-likeness (QED) is 0.895. The number of nitrogens with two attached hydrogens (primary N) is 1. The van der Waals surface area contributed by atoms with Gasteiger partial charge in [-0.1, -0.05) is 30.3 Å². The second-order valence-electron chi connectivity index (χ2n) is 5.71. The van der Waals surface area contributed by atoms with Crippen LogP contribution in [0.3, 0.4) is 0 Å². The molecule has 0 fully saturated rings. The van der Waals surface area contributed by atoms with E-state index >= 15 is 0 Å². The lowest BCUT2D eigenvalue weighted by Crippen LogP contribution is -2.40. The van der Waals surface area contributed by atoms with E-state index in [2.05, 4.69) is 0 Å². The normalized spacial score (nSPS) is 29.1. The fourth-order valence-corrected chi connectivity index (χ4v) is 2.97. The van der Waals surface area contributed by atoms with Gasteiger partial charge in [0.05, 0.1) is 0 Å². The molecule has 104 valence electrons. The Balaban J connectivity index is 1.87. The summed E-state index contributed by atoms with van der Waals surface area (Å²) < 4.78 is 5.72. The Morgan fingerprint density at radius 1 is 1.30 bits per heavy atom. The Labute approximate surface area is 117 Å². The summed E-state index contributed by atoms with van der Waals surface area (Å²) in [5, 5.41) is 0. The van der Waals surface area contributed by atoms with E-state index in [1.165, 1.54) is 0 Å². The second-order valence-corrected chi connectivity index (χ2v) is 5.71. The van der Waals surface area contributed by atoms with Crippen LogP contribution < -0.4 is 5.73 Å². The summed E-state index contributed by atoms with van der Waals surface area (Å²) in [6.07, 6.45) is 1.44. The average Bonchev–Trinajstić information content (AvgIpc) is 2.78. The van der Waals surface area contributed by atoms with Crippen LogP contribution >= 0.6 is 0 Å². The maximum absolute atomic E-state index is 12.3. The second kappa shape index (κ2) is 4.47. The lowest BCUT2D eigenvalue weighted by Gasteiger charge is -2.24. The molecule has 0 aromatic heterocycles. The number of benzene rings is 1. The molecule has 4 heteroatoms. The predicted octanol–water partition coefficient (Wildman–Crippen LogP) is 2.05. The van der Waals surface area contributed by atoms with Crippen molar-refractivity contribution < 1.29 is 14.3 Å². The molecule has 0 bridgehead atoms. The van der Waals surface area contributed by atoms with Gasteiger partial charge in [-0.25, -0.2) is 0 Å². The zero-order chi connectivity index (χ0) is 14.3. The third-order valence-corrected chi connectivity index (χ3v) is 4.19. The van der Waals surface area contributed by atoms with Crippen LogP contribution in [0.4, 0.5) is 0 Å². The first-order valence-electron chi connectivity index (χ1n) is 6.79. The molecule has 1 aromatic carbocycles. The van der Waals surface area contributed by atoms with Gasteiger partial charge in [0.2, 0.25) is 0 Å². The van der Waals surface area contributed by atoms with Crippen LogP contribution in [0.2, 0.25) is 0 Å². The zero-order valence-corrected chi connectivity index (χ0v) is 11.4. The van der Waals surface area contributed by atoms with Crippen molar-refractivity contribution in [2.75, 3.05) is 0 Å². The fraction of sp³-hybridized carbons (Fsp3) is 0.375.